The second-order valence-electron chi connectivity index (χ2n) is 9.35. The molecule has 140 valence electrons. The molecule has 0 spiro atoms. The van der Waals surface area contributed by atoms with Crippen LogP contribution in [0.25, 0.3) is 0 Å². The van der Waals surface area contributed by atoms with E-state index in [0.717, 1.165) is 32.1 Å². The Morgan fingerprint density at radius 3 is 2.92 bits per heavy atom. The summed E-state index contributed by atoms with van der Waals surface area (Å²) >= 11 is 0. The minimum absolute atomic E-state index is 0.000368. The zero-order chi connectivity index (χ0) is 18.1. The number of aliphatic hydroxyl groups excluding tert-OH is 1. The Kier molecular flexibility index (Phi) is 3.68. The lowest BCUT2D eigenvalue weighted by atomic mass is 9.49. The van der Waals surface area contributed by atoms with Crippen LogP contribution in [0.15, 0.2) is 36.0 Å². The number of ketones is 1. The highest BCUT2D eigenvalue weighted by Gasteiger charge is 2.75. The Labute approximate surface area is 155 Å². The number of carbonyl (C=O) groups is 1. The van der Waals surface area contributed by atoms with Crippen molar-refractivity contribution in [2.45, 2.75) is 51.0 Å². The van der Waals surface area contributed by atoms with Crippen molar-refractivity contribution < 1.29 is 15.0 Å². The van der Waals surface area contributed by atoms with Gasteiger partial charge < -0.3 is 10.2 Å². The van der Waals surface area contributed by atoms with Gasteiger partial charge >= 0.3 is 0 Å². The van der Waals surface area contributed by atoms with Crippen LogP contribution in [0.1, 0.15) is 45.4 Å². The molecule has 26 heavy (non-hydrogen) atoms. The van der Waals surface area contributed by atoms with Crippen molar-refractivity contribution in [1.29, 1.82) is 0 Å². The first kappa shape index (κ1) is 16.9. The number of rotatable bonds is 3. The van der Waals surface area contributed by atoms with Crippen LogP contribution in [-0.2, 0) is 4.79 Å². The first-order valence-electron chi connectivity index (χ1n) is 10.5. The van der Waals surface area contributed by atoms with Gasteiger partial charge in [-0.2, -0.15) is 0 Å². The third kappa shape index (κ3) is 1.99. The molecule has 0 bridgehead atoms. The van der Waals surface area contributed by atoms with E-state index in [2.05, 4.69) is 19.1 Å². The summed E-state index contributed by atoms with van der Waals surface area (Å²) in [6, 6.07) is 0. The monoisotopic (exact) mass is 354 g/mol. The lowest BCUT2D eigenvalue weighted by molar-refractivity contribution is -0.118. The molecule has 5 rings (SSSR count). The van der Waals surface area contributed by atoms with Crippen LogP contribution in [-0.4, -0.2) is 28.2 Å². The maximum atomic E-state index is 11.8. The van der Waals surface area contributed by atoms with Gasteiger partial charge in [-0.05, 0) is 79.3 Å². The van der Waals surface area contributed by atoms with Crippen LogP contribution in [0.4, 0.5) is 0 Å². The highest BCUT2D eigenvalue weighted by atomic mass is 16.3. The van der Waals surface area contributed by atoms with Gasteiger partial charge in [-0.3, -0.25) is 4.79 Å². The molecule has 0 aromatic rings. The van der Waals surface area contributed by atoms with Crippen molar-refractivity contribution in [3.8, 4) is 0 Å². The van der Waals surface area contributed by atoms with E-state index in [9.17, 15) is 15.0 Å². The molecular weight excluding hydrogens is 324 g/mol. The Balaban J connectivity index is 1.55. The number of hydrogen-bond donors (Lipinski definition) is 2. The van der Waals surface area contributed by atoms with Gasteiger partial charge in [0.05, 0.1) is 12.2 Å². The third-order valence-corrected chi connectivity index (χ3v) is 8.73. The molecule has 5 aliphatic rings. The predicted molar refractivity (Wildman–Crippen MR) is 100 cm³/mol. The van der Waals surface area contributed by atoms with Crippen LogP contribution in [0, 0.1) is 40.9 Å². The summed E-state index contributed by atoms with van der Waals surface area (Å²) in [6.07, 6.45) is 16.2. The molecule has 0 aromatic carbocycles. The number of allylic oxidation sites excluding steroid dienone is 4. The first-order valence-corrected chi connectivity index (χ1v) is 10.5. The van der Waals surface area contributed by atoms with Gasteiger partial charge in [0.1, 0.15) is 0 Å². The lowest BCUT2D eigenvalue weighted by Gasteiger charge is -2.56. The quantitative estimate of drug-likeness (QED) is 0.764. The molecule has 8 atom stereocenters. The molecular formula is C23H30O3. The number of fused-ring (bicyclic) bond motifs is 7. The average molecular weight is 354 g/mol. The minimum atomic E-state index is -0.753. The summed E-state index contributed by atoms with van der Waals surface area (Å²) in [4.78, 5) is 11.8. The standard InChI is InChI=1S/C23H30O3/c1-2-22-10-8-17-16-7-5-15(25)12-14(16)4-6-18(17)21(22)19-13-20(19)23(22,26)9-3-11-24/h3-4,6,9,12,16-21,24,26H,2,5,7-8,10-11,13H2,1H3/b9-3-/t16?,17?,18?,19?,20-,21?,22?,23?/m0/s1. The van der Waals surface area contributed by atoms with Crippen LogP contribution < -0.4 is 0 Å². The normalized spacial score (nSPS) is 51.5. The van der Waals surface area contributed by atoms with Crippen molar-refractivity contribution >= 4 is 5.78 Å². The predicted octanol–water partition coefficient (Wildman–Crippen LogP) is 3.43. The van der Waals surface area contributed by atoms with Crippen molar-refractivity contribution in [2.75, 3.05) is 6.61 Å². The molecule has 2 N–H and O–H groups in total. The fourth-order valence-electron chi connectivity index (χ4n) is 7.70. The molecule has 0 aromatic heterocycles. The minimum Gasteiger partial charge on any atom is -0.392 e. The molecule has 0 radical (unpaired) electrons. The molecule has 0 aliphatic heterocycles. The fourth-order valence-corrected chi connectivity index (χ4v) is 7.70. The highest BCUT2D eigenvalue weighted by molar-refractivity contribution is 5.91. The van der Waals surface area contributed by atoms with Crippen LogP contribution in [0.5, 0.6) is 0 Å². The fraction of sp³-hybridized carbons (Fsp3) is 0.696. The smallest absolute Gasteiger partial charge is 0.155 e. The lowest BCUT2D eigenvalue weighted by Crippen LogP contribution is -2.55. The van der Waals surface area contributed by atoms with Crippen molar-refractivity contribution in [3.05, 3.63) is 36.0 Å². The number of carbonyl (C=O) groups excluding carboxylic acids is 1. The molecule has 0 heterocycles. The van der Waals surface area contributed by atoms with Gasteiger partial charge in [0.15, 0.2) is 5.78 Å². The number of aliphatic hydroxyl groups is 2. The average Bonchev–Trinajstić information content (AvgIpc) is 3.41. The van der Waals surface area contributed by atoms with Gasteiger partial charge in [0.2, 0.25) is 0 Å². The molecule has 7 unspecified atom stereocenters. The van der Waals surface area contributed by atoms with Gasteiger partial charge in [-0.15, -0.1) is 0 Å². The highest BCUT2D eigenvalue weighted by Crippen LogP contribution is 2.76. The summed E-state index contributed by atoms with van der Waals surface area (Å²) in [5.74, 6) is 3.52. The molecule has 3 heteroatoms. The summed E-state index contributed by atoms with van der Waals surface area (Å²) in [5, 5.41) is 21.0. The van der Waals surface area contributed by atoms with Crippen LogP contribution >= 0.6 is 0 Å². The molecule has 0 saturated heterocycles. The van der Waals surface area contributed by atoms with Gasteiger partial charge in [-0.25, -0.2) is 0 Å². The van der Waals surface area contributed by atoms with E-state index < -0.39 is 5.60 Å². The second kappa shape index (κ2) is 5.65. The van der Waals surface area contributed by atoms with E-state index in [0.29, 0.717) is 41.9 Å². The molecule has 3 saturated carbocycles. The maximum absolute atomic E-state index is 11.8. The molecule has 0 amide bonds. The van der Waals surface area contributed by atoms with Gasteiger partial charge in [0, 0.05) is 11.8 Å². The zero-order valence-corrected chi connectivity index (χ0v) is 15.6. The van der Waals surface area contributed by atoms with E-state index in [1.165, 1.54) is 5.57 Å². The van der Waals surface area contributed by atoms with Crippen LogP contribution in [0.2, 0.25) is 0 Å². The summed E-state index contributed by atoms with van der Waals surface area (Å²) in [7, 11) is 0. The van der Waals surface area contributed by atoms with Crippen molar-refractivity contribution in [2.24, 2.45) is 40.9 Å². The molecule has 5 aliphatic carbocycles. The first-order chi connectivity index (χ1) is 12.6. The van der Waals surface area contributed by atoms with Gasteiger partial charge in [-0.1, -0.05) is 31.2 Å². The topological polar surface area (TPSA) is 57.5 Å². The summed E-state index contributed by atoms with van der Waals surface area (Å²) < 4.78 is 0. The Morgan fingerprint density at radius 2 is 2.15 bits per heavy atom. The zero-order valence-electron chi connectivity index (χ0n) is 15.6. The maximum Gasteiger partial charge on any atom is 0.155 e. The molecule has 3 fully saturated rings. The third-order valence-electron chi connectivity index (χ3n) is 8.73. The second-order valence-corrected chi connectivity index (χ2v) is 9.35. The largest absolute Gasteiger partial charge is 0.392 e. The van der Waals surface area contributed by atoms with Crippen molar-refractivity contribution in [3.63, 3.8) is 0 Å². The van der Waals surface area contributed by atoms with Crippen LogP contribution in [0.3, 0.4) is 0 Å². The SMILES string of the molecule is CCC12CCC3C4CCC(=O)C=C4C=CC3C1C1C[C@@H]1C2(O)/C=C\CO. The Bertz CT molecular complexity index is 719. The summed E-state index contributed by atoms with van der Waals surface area (Å²) in [5.41, 5.74) is 0.452. The van der Waals surface area contributed by atoms with E-state index in [1.807, 2.05) is 12.2 Å². The summed E-state index contributed by atoms with van der Waals surface area (Å²) in [6.45, 7) is 2.24. The Hall–Kier alpha value is -1.19. The van der Waals surface area contributed by atoms with Crippen molar-refractivity contribution in [1.82, 2.24) is 0 Å². The Morgan fingerprint density at radius 1 is 1.31 bits per heavy atom. The molecule has 3 nitrogen and oxygen atoms in total. The van der Waals surface area contributed by atoms with E-state index in [1.54, 1.807) is 6.08 Å². The van der Waals surface area contributed by atoms with E-state index in [-0.39, 0.29) is 17.8 Å². The van der Waals surface area contributed by atoms with E-state index >= 15 is 0 Å². The van der Waals surface area contributed by atoms with Gasteiger partial charge in [0.25, 0.3) is 0 Å². The number of hydrogen-bond acceptors (Lipinski definition) is 3. The van der Waals surface area contributed by atoms with E-state index in [4.69, 9.17) is 0 Å².